The van der Waals surface area contributed by atoms with Crippen LogP contribution in [0.2, 0.25) is 0 Å². The molecule has 0 fully saturated rings. The Morgan fingerprint density at radius 1 is 0.509 bits per heavy atom. The Balaban J connectivity index is 1.02. The first-order chi connectivity index (χ1) is 28.1. The molecule has 7 aromatic carbocycles. The van der Waals surface area contributed by atoms with Crippen LogP contribution in [0.25, 0.3) is 94.8 Å². The number of rotatable bonds is 6. The number of hydrogen-bond acceptors (Lipinski definition) is 2. The van der Waals surface area contributed by atoms with E-state index in [1.54, 1.807) is 0 Å². The number of allylic oxidation sites excluding steroid dienone is 1. The standard InChI is InChI=1S/C53H40N4/c1-3-35-20-26-41(27-21-35)57-50-31-25-39(33-45(50)43-16-11-12-34(2)53(43)57)38-24-30-49-44(32-38)42-15-7-10-19-48(42)56(49)40-28-22-37(23-29-40)52-51(36-13-5-4-6-14-36)54-46-17-8-9-18-47(46)55-52/h4-11,13-34H,3,12H2,1-2H3. The van der Waals surface area contributed by atoms with Crippen LogP contribution >= 0.6 is 0 Å². The van der Waals surface area contributed by atoms with Crippen LogP contribution in [0.3, 0.4) is 0 Å². The first-order valence-electron chi connectivity index (χ1n) is 20.0. The van der Waals surface area contributed by atoms with E-state index in [0.29, 0.717) is 5.92 Å². The molecule has 1 aliphatic rings. The van der Waals surface area contributed by atoms with E-state index in [2.05, 4.69) is 169 Å². The average molecular weight is 733 g/mol. The maximum absolute atomic E-state index is 5.15. The first-order valence-corrected chi connectivity index (χ1v) is 20.0. The van der Waals surface area contributed by atoms with E-state index >= 15 is 0 Å². The Labute approximate surface area is 332 Å². The molecule has 0 radical (unpaired) electrons. The highest BCUT2D eigenvalue weighted by Crippen LogP contribution is 2.42. The topological polar surface area (TPSA) is 35.6 Å². The summed E-state index contributed by atoms with van der Waals surface area (Å²) in [5, 5.41) is 3.78. The number of aromatic nitrogens is 4. The van der Waals surface area contributed by atoms with Gasteiger partial charge in [0.2, 0.25) is 0 Å². The third-order valence-corrected chi connectivity index (χ3v) is 11.9. The maximum Gasteiger partial charge on any atom is 0.0973 e. The summed E-state index contributed by atoms with van der Waals surface area (Å²) in [4.78, 5) is 10.2. The second-order valence-corrected chi connectivity index (χ2v) is 15.3. The van der Waals surface area contributed by atoms with E-state index in [1.165, 1.54) is 66.3 Å². The summed E-state index contributed by atoms with van der Waals surface area (Å²) in [6, 6.07) is 59.1. The van der Waals surface area contributed by atoms with Crippen LogP contribution in [0.15, 0.2) is 170 Å². The van der Waals surface area contributed by atoms with Crippen LogP contribution in [0, 0.1) is 0 Å². The fraction of sp³-hybridized carbons (Fsp3) is 0.0943. The zero-order valence-electron chi connectivity index (χ0n) is 32.0. The van der Waals surface area contributed by atoms with Gasteiger partial charge in [0.25, 0.3) is 0 Å². The third-order valence-electron chi connectivity index (χ3n) is 11.9. The Hall–Kier alpha value is -7.04. The second kappa shape index (κ2) is 13.3. The van der Waals surface area contributed by atoms with Gasteiger partial charge < -0.3 is 9.13 Å². The SMILES string of the molecule is CCc1ccc(-n2c3c(c4cc(-c5ccc6c(c5)c5ccccc5n6-c5ccc(-c6nc7ccccc7nc6-c6ccccc6)cc5)ccc42)C=CCC3C)cc1. The number of para-hydroxylation sites is 3. The fourth-order valence-corrected chi connectivity index (χ4v) is 9.03. The highest BCUT2D eigenvalue weighted by Gasteiger charge is 2.24. The van der Waals surface area contributed by atoms with E-state index in [0.717, 1.165) is 52.1 Å². The zero-order chi connectivity index (χ0) is 38.0. The van der Waals surface area contributed by atoms with Gasteiger partial charge in [-0.1, -0.05) is 123 Å². The van der Waals surface area contributed by atoms with Gasteiger partial charge in [-0.05, 0) is 96.3 Å². The smallest absolute Gasteiger partial charge is 0.0973 e. The summed E-state index contributed by atoms with van der Waals surface area (Å²) in [6.45, 7) is 4.57. The fourth-order valence-electron chi connectivity index (χ4n) is 9.03. The van der Waals surface area contributed by atoms with Crippen LogP contribution in [0.1, 0.15) is 43.0 Å². The number of nitrogens with zero attached hydrogens (tertiary/aromatic N) is 4. The van der Waals surface area contributed by atoms with Crippen molar-refractivity contribution in [1.82, 2.24) is 19.1 Å². The van der Waals surface area contributed by atoms with Gasteiger partial charge in [-0.25, -0.2) is 9.97 Å². The van der Waals surface area contributed by atoms with Gasteiger partial charge in [0, 0.05) is 55.8 Å². The quantitative estimate of drug-likeness (QED) is 0.171. The molecular weight excluding hydrogens is 693 g/mol. The minimum Gasteiger partial charge on any atom is -0.313 e. The molecule has 10 aromatic rings. The van der Waals surface area contributed by atoms with E-state index in [4.69, 9.17) is 9.97 Å². The minimum atomic E-state index is 0.440. The first kappa shape index (κ1) is 33.3. The second-order valence-electron chi connectivity index (χ2n) is 15.3. The molecule has 11 rings (SSSR count). The number of aryl methyl sites for hydroxylation is 1. The molecule has 0 N–H and O–H groups in total. The van der Waals surface area contributed by atoms with Crippen molar-refractivity contribution in [3.63, 3.8) is 0 Å². The van der Waals surface area contributed by atoms with Crippen molar-refractivity contribution in [2.45, 2.75) is 32.6 Å². The Morgan fingerprint density at radius 3 is 1.75 bits per heavy atom. The lowest BCUT2D eigenvalue weighted by Crippen LogP contribution is -2.07. The Bertz CT molecular complexity index is 3180. The van der Waals surface area contributed by atoms with Crippen LogP contribution in [0.5, 0.6) is 0 Å². The summed E-state index contributed by atoms with van der Waals surface area (Å²) in [5.41, 5.74) is 18.2. The number of benzene rings is 7. The number of fused-ring (bicyclic) bond motifs is 7. The Morgan fingerprint density at radius 2 is 1.05 bits per heavy atom. The van der Waals surface area contributed by atoms with Crippen molar-refractivity contribution >= 4 is 49.8 Å². The summed E-state index contributed by atoms with van der Waals surface area (Å²) in [5.74, 6) is 0.440. The lowest BCUT2D eigenvalue weighted by atomic mass is 9.92. The van der Waals surface area contributed by atoms with Crippen LogP contribution < -0.4 is 0 Å². The lowest BCUT2D eigenvalue weighted by Gasteiger charge is -2.19. The van der Waals surface area contributed by atoms with Gasteiger partial charge in [0.05, 0.1) is 39.0 Å². The predicted octanol–water partition coefficient (Wildman–Crippen LogP) is 13.8. The molecule has 1 unspecified atom stereocenters. The molecule has 0 bridgehead atoms. The molecule has 57 heavy (non-hydrogen) atoms. The van der Waals surface area contributed by atoms with Gasteiger partial charge in [-0.2, -0.15) is 0 Å². The van der Waals surface area contributed by atoms with Gasteiger partial charge in [-0.3, -0.25) is 0 Å². The summed E-state index contributed by atoms with van der Waals surface area (Å²) in [7, 11) is 0. The molecule has 272 valence electrons. The van der Waals surface area contributed by atoms with Crippen LogP contribution in [0.4, 0.5) is 0 Å². The molecule has 3 aromatic heterocycles. The maximum atomic E-state index is 5.15. The van der Waals surface area contributed by atoms with E-state index in [-0.39, 0.29) is 0 Å². The van der Waals surface area contributed by atoms with Crippen molar-refractivity contribution in [2.75, 3.05) is 0 Å². The van der Waals surface area contributed by atoms with Gasteiger partial charge in [-0.15, -0.1) is 0 Å². The molecule has 0 aliphatic heterocycles. The van der Waals surface area contributed by atoms with E-state index < -0.39 is 0 Å². The van der Waals surface area contributed by atoms with Crippen molar-refractivity contribution in [2.24, 2.45) is 0 Å². The van der Waals surface area contributed by atoms with Gasteiger partial charge in [0.15, 0.2) is 0 Å². The molecule has 0 spiro atoms. The highest BCUT2D eigenvalue weighted by molar-refractivity contribution is 6.11. The molecule has 3 heterocycles. The van der Waals surface area contributed by atoms with Gasteiger partial charge in [0.1, 0.15) is 0 Å². The molecule has 1 atom stereocenters. The normalized spacial score (nSPS) is 13.9. The summed E-state index contributed by atoms with van der Waals surface area (Å²) < 4.78 is 4.89. The largest absolute Gasteiger partial charge is 0.313 e. The molecule has 4 nitrogen and oxygen atoms in total. The Kier molecular flexibility index (Phi) is 7.78. The van der Waals surface area contributed by atoms with Crippen LogP contribution in [-0.4, -0.2) is 19.1 Å². The third kappa shape index (κ3) is 5.43. The lowest BCUT2D eigenvalue weighted by molar-refractivity contribution is 0.723. The molecule has 4 heteroatoms. The van der Waals surface area contributed by atoms with Crippen LogP contribution in [-0.2, 0) is 6.42 Å². The van der Waals surface area contributed by atoms with E-state index in [1.807, 2.05) is 30.3 Å². The summed E-state index contributed by atoms with van der Waals surface area (Å²) >= 11 is 0. The predicted molar refractivity (Wildman–Crippen MR) is 238 cm³/mol. The van der Waals surface area contributed by atoms with Crippen molar-refractivity contribution in [3.05, 3.63) is 187 Å². The monoisotopic (exact) mass is 732 g/mol. The highest BCUT2D eigenvalue weighted by atomic mass is 15.0. The average Bonchev–Trinajstić information content (AvgIpc) is 3.79. The minimum absolute atomic E-state index is 0.440. The van der Waals surface area contributed by atoms with E-state index in [9.17, 15) is 0 Å². The molecule has 0 saturated carbocycles. The summed E-state index contributed by atoms with van der Waals surface area (Å²) in [6.07, 6.45) is 6.78. The molecule has 0 saturated heterocycles. The van der Waals surface area contributed by atoms with Crippen molar-refractivity contribution in [1.29, 1.82) is 0 Å². The molecule has 0 amide bonds. The molecular formula is C53H40N4. The molecule has 1 aliphatic carbocycles. The zero-order valence-corrected chi connectivity index (χ0v) is 32.0. The number of hydrogen-bond donors (Lipinski definition) is 0. The van der Waals surface area contributed by atoms with Gasteiger partial charge >= 0.3 is 0 Å². The van der Waals surface area contributed by atoms with Crippen molar-refractivity contribution < 1.29 is 0 Å². The van der Waals surface area contributed by atoms with Crippen molar-refractivity contribution in [3.8, 4) is 45.0 Å².